The van der Waals surface area contributed by atoms with Gasteiger partial charge in [-0.1, -0.05) is 0 Å². The Bertz CT molecular complexity index is 355. The molecule has 0 bridgehead atoms. The van der Waals surface area contributed by atoms with Crippen molar-refractivity contribution in [3.63, 3.8) is 0 Å². The van der Waals surface area contributed by atoms with Gasteiger partial charge in [0.1, 0.15) is 18.0 Å². The monoisotopic (exact) mass is 250 g/mol. The summed E-state index contributed by atoms with van der Waals surface area (Å²) in [6.07, 6.45) is 5.29. The van der Waals surface area contributed by atoms with Crippen LogP contribution in [0.15, 0.2) is 12.4 Å². The third-order valence-corrected chi connectivity index (χ3v) is 2.85. The van der Waals surface area contributed by atoms with Crippen molar-refractivity contribution in [2.75, 3.05) is 36.9 Å². The SMILES string of the molecule is CCNc1cc(NCCCOCC2CC2)ncn1. The number of hydrogen-bond acceptors (Lipinski definition) is 5. The van der Waals surface area contributed by atoms with Crippen LogP contribution in [0.3, 0.4) is 0 Å². The van der Waals surface area contributed by atoms with Crippen molar-refractivity contribution in [3.8, 4) is 0 Å². The molecular weight excluding hydrogens is 228 g/mol. The molecule has 100 valence electrons. The lowest BCUT2D eigenvalue weighted by Gasteiger charge is -2.07. The van der Waals surface area contributed by atoms with Crippen LogP contribution in [0.5, 0.6) is 0 Å². The first-order valence-corrected chi connectivity index (χ1v) is 6.76. The molecule has 1 aromatic heterocycles. The lowest BCUT2D eigenvalue weighted by atomic mass is 10.4. The summed E-state index contributed by atoms with van der Waals surface area (Å²) in [7, 11) is 0. The highest BCUT2D eigenvalue weighted by molar-refractivity contribution is 5.46. The number of aromatic nitrogens is 2. The molecule has 1 aliphatic carbocycles. The van der Waals surface area contributed by atoms with E-state index in [2.05, 4.69) is 20.6 Å². The van der Waals surface area contributed by atoms with Crippen LogP contribution in [0.4, 0.5) is 11.6 Å². The quantitative estimate of drug-likeness (QED) is 0.658. The normalized spacial score (nSPS) is 14.5. The van der Waals surface area contributed by atoms with Crippen molar-refractivity contribution in [2.45, 2.75) is 26.2 Å². The lowest BCUT2D eigenvalue weighted by molar-refractivity contribution is 0.124. The lowest BCUT2D eigenvalue weighted by Crippen LogP contribution is -2.09. The molecule has 0 aliphatic heterocycles. The molecule has 0 spiro atoms. The zero-order valence-corrected chi connectivity index (χ0v) is 11.0. The summed E-state index contributed by atoms with van der Waals surface area (Å²) in [6, 6.07) is 1.93. The second-order valence-electron chi connectivity index (χ2n) is 4.62. The first kappa shape index (κ1) is 13.1. The number of hydrogen-bond donors (Lipinski definition) is 2. The Balaban J connectivity index is 1.58. The molecule has 2 rings (SSSR count). The number of nitrogens with zero attached hydrogens (tertiary/aromatic N) is 2. The Morgan fingerprint density at radius 3 is 2.78 bits per heavy atom. The summed E-state index contributed by atoms with van der Waals surface area (Å²) in [5.74, 6) is 2.57. The standard InChI is InChI=1S/C13H22N4O/c1-2-14-12-8-13(17-10-16-12)15-6-3-7-18-9-11-4-5-11/h8,10-11H,2-7,9H2,1H3,(H2,14,15,16,17). The molecule has 0 atom stereocenters. The van der Waals surface area contributed by atoms with Gasteiger partial charge in [0.2, 0.25) is 0 Å². The van der Waals surface area contributed by atoms with Crippen LogP contribution in [0, 0.1) is 5.92 Å². The van der Waals surface area contributed by atoms with Crippen molar-refractivity contribution in [1.82, 2.24) is 9.97 Å². The Labute approximate surface area is 108 Å². The highest BCUT2D eigenvalue weighted by Crippen LogP contribution is 2.28. The van der Waals surface area contributed by atoms with Gasteiger partial charge >= 0.3 is 0 Å². The number of anilines is 2. The van der Waals surface area contributed by atoms with Crippen LogP contribution < -0.4 is 10.6 Å². The van der Waals surface area contributed by atoms with E-state index in [0.29, 0.717) is 0 Å². The molecule has 0 saturated heterocycles. The first-order valence-electron chi connectivity index (χ1n) is 6.76. The maximum Gasteiger partial charge on any atom is 0.131 e. The predicted molar refractivity (Wildman–Crippen MR) is 72.8 cm³/mol. The Morgan fingerprint density at radius 1 is 1.28 bits per heavy atom. The molecule has 1 fully saturated rings. The summed E-state index contributed by atoms with van der Waals surface area (Å²) < 4.78 is 5.57. The van der Waals surface area contributed by atoms with Crippen molar-refractivity contribution in [1.29, 1.82) is 0 Å². The molecule has 0 unspecified atom stereocenters. The third kappa shape index (κ3) is 4.87. The van der Waals surface area contributed by atoms with Crippen LogP contribution >= 0.6 is 0 Å². The minimum atomic E-state index is 0.828. The van der Waals surface area contributed by atoms with E-state index in [1.165, 1.54) is 12.8 Å². The van der Waals surface area contributed by atoms with E-state index in [0.717, 1.165) is 50.3 Å². The van der Waals surface area contributed by atoms with Gasteiger partial charge < -0.3 is 15.4 Å². The fourth-order valence-electron chi connectivity index (χ4n) is 1.66. The van der Waals surface area contributed by atoms with Crippen LogP contribution in [0.1, 0.15) is 26.2 Å². The average molecular weight is 250 g/mol. The zero-order valence-electron chi connectivity index (χ0n) is 11.0. The summed E-state index contributed by atoms with van der Waals surface area (Å²) in [4.78, 5) is 8.30. The number of rotatable bonds is 9. The highest BCUT2D eigenvalue weighted by Gasteiger charge is 2.20. The molecule has 5 nitrogen and oxygen atoms in total. The summed E-state index contributed by atoms with van der Waals surface area (Å²) >= 11 is 0. The Morgan fingerprint density at radius 2 is 2.06 bits per heavy atom. The fourth-order valence-corrected chi connectivity index (χ4v) is 1.66. The summed E-state index contributed by atoms with van der Waals surface area (Å²) in [5.41, 5.74) is 0. The van der Waals surface area contributed by atoms with Crippen molar-refractivity contribution < 1.29 is 4.74 Å². The van der Waals surface area contributed by atoms with Gasteiger partial charge in [-0.3, -0.25) is 0 Å². The van der Waals surface area contributed by atoms with Crippen LogP contribution in [-0.2, 0) is 4.74 Å². The smallest absolute Gasteiger partial charge is 0.131 e. The maximum atomic E-state index is 5.57. The molecule has 0 aromatic carbocycles. The minimum absolute atomic E-state index is 0.828. The van der Waals surface area contributed by atoms with E-state index in [9.17, 15) is 0 Å². The molecule has 1 heterocycles. The second-order valence-corrected chi connectivity index (χ2v) is 4.62. The van der Waals surface area contributed by atoms with Crippen LogP contribution in [0.2, 0.25) is 0 Å². The average Bonchev–Trinajstić information content (AvgIpc) is 3.19. The molecule has 0 radical (unpaired) electrons. The summed E-state index contributed by atoms with van der Waals surface area (Å²) in [5, 5.41) is 6.44. The van der Waals surface area contributed by atoms with Gasteiger partial charge in [0.25, 0.3) is 0 Å². The van der Waals surface area contributed by atoms with E-state index in [-0.39, 0.29) is 0 Å². The third-order valence-electron chi connectivity index (χ3n) is 2.85. The van der Waals surface area contributed by atoms with Crippen molar-refractivity contribution in [3.05, 3.63) is 12.4 Å². The van der Waals surface area contributed by atoms with E-state index in [4.69, 9.17) is 4.74 Å². The van der Waals surface area contributed by atoms with Gasteiger partial charge in [-0.05, 0) is 32.1 Å². The maximum absolute atomic E-state index is 5.57. The highest BCUT2D eigenvalue weighted by atomic mass is 16.5. The molecule has 18 heavy (non-hydrogen) atoms. The van der Waals surface area contributed by atoms with Crippen LogP contribution in [-0.4, -0.2) is 36.3 Å². The molecule has 2 N–H and O–H groups in total. The van der Waals surface area contributed by atoms with Gasteiger partial charge in [-0.25, -0.2) is 9.97 Å². The summed E-state index contributed by atoms with van der Waals surface area (Å²) in [6.45, 7) is 5.57. The Kier molecular flexibility index (Phi) is 5.20. The zero-order chi connectivity index (χ0) is 12.6. The Hall–Kier alpha value is -1.36. The minimum Gasteiger partial charge on any atom is -0.381 e. The molecule has 1 saturated carbocycles. The predicted octanol–water partition coefficient (Wildman–Crippen LogP) is 2.14. The van der Waals surface area contributed by atoms with Gasteiger partial charge in [0.15, 0.2) is 0 Å². The molecule has 1 aliphatic rings. The van der Waals surface area contributed by atoms with Gasteiger partial charge in [0, 0.05) is 32.4 Å². The van der Waals surface area contributed by atoms with Gasteiger partial charge in [-0.2, -0.15) is 0 Å². The topological polar surface area (TPSA) is 59.1 Å². The fraction of sp³-hybridized carbons (Fsp3) is 0.692. The van der Waals surface area contributed by atoms with Crippen molar-refractivity contribution in [2.24, 2.45) is 5.92 Å². The largest absolute Gasteiger partial charge is 0.381 e. The molecule has 5 heteroatoms. The second kappa shape index (κ2) is 7.16. The van der Waals surface area contributed by atoms with E-state index < -0.39 is 0 Å². The van der Waals surface area contributed by atoms with E-state index in [1.807, 2.05) is 13.0 Å². The molecule has 1 aromatic rings. The molecular formula is C13H22N4O. The van der Waals surface area contributed by atoms with E-state index >= 15 is 0 Å². The number of nitrogens with one attached hydrogen (secondary N) is 2. The van der Waals surface area contributed by atoms with Crippen molar-refractivity contribution >= 4 is 11.6 Å². The molecule has 0 amide bonds. The van der Waals surface area contributed by atoms with Gasteiger partial charge in [0.05, 0.1) is 0 Å². The number of ether oxygens (including phenoxy) is 1. The van der Waals surface area contributed by atoms with E-state index in [1.54, 1.807) is 6.33 Å². The first-order chi connectivity index (χ1) is 8.88. The van der Waals surface area contributed by atoms with Crippen LogP contribution in [0.25, 0.3) is 0 Å². The van der Waals surface area contributed by atoms with Gasteiger partial charge in [-0.15, -0.1) is 0 Å².